The van der Waals surface area contributed by atoms with Gasteiger partial charge in [-0.2, -0.15) is 0 Å². The molecule has 0 saturated carbocycles. The van der Waals surface area contributed by atoms with E-state index in [0.717, 1.165) is 0 Å². The lowest BCUT2D eigenvalue weighted by Gasteiger charge is -2.20. The molecule has 0 aromatic heterocycles. The van der Waals surface area contributed by atoms with Crippen LogP contribution in [0.15, 0.2) is 181 Å². The molecule has 0 N–H and O–H groups in total. The first-order chi connectivity index (χ1) is 36.3. The summed E-state index contributed by atoms with van der Waals surface area (Å²) in [5, 5.41) is -8.61. The van der Waals surface area contributed by atoms with Crippen molar-refractivity contribution in [3.8, 4) is 33.4 Å². The van der Waals surface area contributed by atoms with E-state index in [1.54, 1.807) is 0 Å². The van der Waals surface area contributed by atoms with E-state index in [4.69, 9.17) is 23.3 Å². The van der Waals surface area contributed by atoms with E-state index in [1.807, 2.05) is 0 Å². The van der Waals surface area contributed by atoms with Gasteiger partial charge in [-0.15, -0.1) is 0 Å². The lowest BCUT2D eigenvalue weighted by molar-refractivity contribution is 1.66. The van der Waals surface area contributed by atoms with E-state index in [9.17, 15) is 17.8 Å². The molecule has 0 radical (unpaired) electrons. The minimum absolute atomic E-state index is 0.562. The van der Waals surface area contributed by atoms with Crippen molar-refractivity contribution in [2.24, 2.45) is 0 Å². The summed E-state index contributed by atoms with van der Waals surface area (Å²) < 4.78 is 273. The van der Waals surface area contributed by atoms with Crippen molar-refractivity contribution in [3.05, 3.63) is 181 Å². The fraction of sp³-hybridized carbons (Fsp3) is 0. The van der Waals surface area contributed by atoms with E-state index in [-0.39, 0.29) is 0 Å². The van der Waals surface area contributed by atoms with Gasteiger partial charge in [-0.05, 0) is 116 Å². The van der Waals surface area contributed by atoms with Crippen molar-refractivity contribution in [3.63, 3.8) is 0 Å². The van der Waals surface area contributed by atoms with Gasteiger partial charge in [0.25, 0.3) is 0 Å². The Kier molecular flexibility index (Phi) is 2.36. The minimum atomic E-state index is -1.15. The standard InChI is InChI=1S/C48H30/c1-2-13-34-28-35(22-20-31(34)10-1)36-24-27-45-46(30-36)47(38-25-26-41-37(29-38)23-21-33-12-4-5-15-39(33)41)43-17-7-8-18-44(43)48(45)42-19-9-14-32-11-3-6-16-40(32)42/h1-30H/i1D,2D,3D,4D,5D,6D,7D,8D,9D,10D,11D,12D,13D,14D,15D,16D,17D,18D,19D,20D,21D,22D,23D,24D,25D,26D,27D,28D,29D,30D. The fourth-order valence-corrected chi connectivity index (χ4v) is 5.78. The van der Waals surface area contributed by atoms with Gasteiger partial charge in [-0.3, -0.25) is 0 Å². The molecule has 222 valence electrons. The lowest BCUT2D eigenvalue weighted by Crippen LogP contribution is -1.93. The third kappa shape index (κ3) is 4.16. The number of hydrogen-bond donors (Lipinski definition) is 0. The third-order valence-electron chi connectivity index (χ3n) is 7.88. The van der Waals surface area contributed by atoms with Crippen LogP contribution in [0.1, 0.15) is 41.1 Å². The van der Waals surface area contributed by atoms with E-state index in [1.165, 1.54) is 0 Å². The van der Waals surface area contributed by atoms with Gasteiger partial charge in [0.05, 0.1) is 41.1 Å². The summed E-state index contributed by atoms with van der Waals surface area (Å²) in [6.45, 7) is 0. The third-order valence-corrected chi connectivity index (χ3v) is 7.88. The van der Waals surface area contributed by atoms with Crippen LogP contribution in [0.5, 0.6) is 0 Å². The summed E-state index contributed by atoms with van der Waals surface area (Å²) in [5.41, 5.74) is -5.24. The second kappa shape index (κ2) is 10.7. The molecule has 0 aliphatic carbocycles. The molecule has 10 rings (SSSR count). The molecule has 0 aliphatic heterocycles. The number of benzene rings is 10. The Morgan fingerprint density at radius 1 is 0.250 bits per heavy atom. The Morgan fingerprint density at radius 2 is 0.729 bits per heavy atom. The molecule has 0 unspecified atom stereocenters. The minimum Gasteiger partial charge on any atom is -0.0616 e. The summed E-state index contributed by atoms with van der Waals surface area (Å²) in [7, 11) is 0. The van der Waals surface area contributed by atoms with Crippen LogP contribution < -0.4 is 0 Å². The molecule has 10 aromatic carbocycles. The van der Waals surface area contributed by atoms with Crippen molar-refractivity contribution < 1.29 is 41.1 Å². The van der Waals surface area contributed by atoms with Gasteiger partial charge in [0, 0.05) is 0 Å². The Morgan fingerprint density at radius 3 is 1.56 bits per heavy atom. The van der Waals surface area contributed by atoms with Crippen molar-refractivity contribution in [1.82, 2.24) is 0 Å². The second-order valence-corrected chi connectivity index (χ2v) is 10.5. The molecule has 0 nitrogen and oxygen atoms in total. The molecule has 0 saturated heterocycles. The molecule has 0 spiro atoms. The van der Waals surface area contributed by atoms with E-state index in [2.05, 4.69) is 0 Å². The Labute approximate surface area is 321 Å². The highest BCUT2D eigenvalue weighted by atomic mass is 14.2. The van der Waals surface area contributed by atoms with Crippen LogP contribution in [-0.4, -0.2) is 0 Å². The molecular weight excluding hydrogens is 577 g/mol. The molecule has 0 fully saturated rings. The van der Waals surface area contributed by atoms with Gasteiger partial charge in [-0.1, -0.05) is 163 Å². The quantitative estimate of drug-likeness (QED) is 0.134. The number of fused-ring (bicyclic) bond motifs is 7. The molecule has 0 bridgehead atoms. The summed E-state index contributed by atoms with van der Waals surface area (Å²) in [6, 6.07) is -29.2. The largest absolute Gasteiger partial charge is 0.0636 e. The van der Waals surface area contributed by atoms with Crippen LogP contribution in [0.3, 0.4) is 0 Å². The molecule has 0 heteroatoms. The van der Waals surface area contributed by atoms with Crippen molar-refractivity contribution in [2.45, 2.75) is 0 Å². The van der Waals surface area contributed by atoms with E-state index in [0.29, 0.717) is 0 Å². The normalized spacial score (nSPS) is 20.5. The Balaban J connectivity index is 1.61. The van der Waals surface area contributed by atoms with Gasteiger partial charge in [0.15, 0.2) is 0 Å². The van der Waals surface area contributed by atoms with Crippen molar-refractivity contribution in [1.29, 1.82) is 0 Å². The zero-order valence-electron chi connectivity index (χ0n) is 54.0. The monoisotopic (exact) mass is 636 g/mol. The SMILES string of the molecule is [2H]c1c([2H])c([2H])c2c([2H])c(-c3c([2H])c([2H])c4c(-c5c([2H])c([2H])c([2H])c6c([2H])c([2H])c([2H])c([2H])c56)c5c([2H])c([2H])c([2H])c([2H])c5c(-c5c([2H])c([2H])c6c(c5[2H])c([2H])c([2H])c5c([2H])c([2H])c([2H])c([2H])c56)c4c3[2H])c([2H])c([2H])c2c1[2H]. The highest BCUT2D eigenvalue weighted by molar-refractivity contribution is 6.24. The molecule has 0 amide bonds. The molecule has 0 aliphatic rings. The first-order valence-corrected chi connectivity index (χ1v) is 14.2. The Hall–Kier alpha value is -6.24. The average Bonchev–Trinajstić information content (AvgIpc) is 3.47. The maximum atomic E-state index is 10.2. The lowest BCUT2D eigenvalue weighted by atomic mass is 9.83. The van der Waals surface area contributed by atoms with Crippen LogP contribution in [0.25, 0.3) is 98.0 Å². The zero-order valence-corrected chi connectivity index (χ0v) is 24.0. The van der Waals surface area contributed by atoms with Crippen LogP contribution in [-0.2, 0) is 0 Å². The molecule has 48 heavy (non-hydrogen) atoms. The van der Waals surface area contributed by atoms with Crippen LogP contribution in [0.2, 0.25) is 0 Å². The number of rotatable bonds is 3. The predicted molar refractivity (Wildman–Crippen MR) is 208 cm³/mol. The molecular formula is C48H30. The second-order valence-electron chi connectivity index (χ2n) is 10.5. The molecule has 0 heterocycles. The Bertz CT molecular complexity index is 4590. The van der Waals surface area contributed by atoms with Gasteiger partial charge in [-0.25, -0.2) is 0 Å². The summed E-state index contributed by atoms with van der Waals surface area (Å²) in [4.78, 5) is 0. The van der Waals surface area contributed by atoms with Crippen molar-refractivity contribution >= 4 is 64.6 Å². The molecule has 0 atom stereocenters. The summed E-state index contributed by atoms with van der Waals surface area (Å²) in [6.07, 6.45) is 0. The van der Waals surface area contributed by atoms with E-state index >= 15 is 0 Å². The number of hydrogen-bond acceptors (Lipinski definition) is 0. The van der Waals surface area contributed by atoms with Gasteiger partial charge >= 0.3 is 0 Å². The zero-order chi connectivity index (χ0) is 57.7. The maximum absolute atomic E-state index is 10.2. The molecule has 10 aromatic rings. The smallest absolute Gasteiger partial charge is 0.0616 e. The first-order valence-electron chi connectivity index (χ1n) is 29.2. The maximum Gasteiger partial charge on any atom is 0.0636 e. The summed E-state index contributed by atoms with van der Waals surface area (Å²) in [5.74, 6) is 0. The van der Waals surface area contributed by atoms with Crippen LogP contribution >= 0.6 is 0 Å². The predicted octanol–water partition coefficient (Wildman–Crippen LogP) is 13.6. The van der Waals surface area contributed by atoms with Crippen LogP contribution in [0.4, 0.5) is 0 Å². The highest BCUT2D eigenvalue weighted by Gasteiger charge is 2.19. The fourth-order valence-electron chi connectivity index (χ4n) is 5.78. The highest BCUT2D eigenvalue weighted by Crippen LogP contribution is 2.47. The van der Waals surface area contributed by atoms with Gasteiger partial charge in [0.2, 0.25) is 0 Å². The summed E-state index contributed by atoms with van der Waals surface area (Å²) >= 11 is 0. The van der Waals surface area contributed by atoms with Gasteiger partial charge < -0.3 is 0 Å². The van der Waals surface area contributed by atoms with Gasteiger partial charge in [0.1, 0.15) is 0 Å². The average molecular weight is 637 g/mol. The van der Waals surface area contributed by atoms with Crippen molar-refractivity contribution in [2.75, 3.05) is 0 Å². The van der Waals surface area contributed by atoms with E-state index < -0.39 is 279 Å². The first kappa shape index (κ1) is 10.6. The van der Waals surface area contributed by atoms with Crippen LogP contribution in [0, 0.1) is 0 Å². The topological polar surface area (TPSA) is 0 Å².